The second kappa shape index (κ2) is 8.45. The van der Waals surface area contributed by atoms with Gasteiger partial charge in [0, 0.05) is 5.56 Å². The Balaban J connectivity index is 1.55. The summed E-state index contributed by atoms with van der Waals surface area (Å²) >= 11 is 0. The van der Waals surface area contributed by atoms with Gasteiger partial charge in [0.15, 0.2) is 28.7 Å². The second-order valence-corrected chi connectivity index (χ2v) is 8.81. The van der Waals surface area contributed by atoms with E-state index in [-0.39, 0.29) is 0 Å². The average Bonchev–Trinajstić information content (AvgIpc) is 3.41. The molecular formula is C29H20N4O5. The van der Waals surface area contributed by atoms with Gasteiger partial charge in [-0.3, -0.25) is 0 Å². The molecule has 1 unspecified atom stereocenters. The summed E-state index contributed by atoms with van der Waals surface area (Å²) in [6, 6.07) is 22.5. The van der Waals surface area contributed by atoms with Crippen molar-refractivity contribution in [1.29, 1.82) is 0 Å². The van der Waals surface area contributed by atoms with Crippen LogP contribution in [0.3, 0.4) is 0 Å². The van der Waals surface area contributed by atoms with Gasteiger partial charge in [-0.05, 0) is 29.8 Å². The third kappa shape index (κ3) is 3.25. The molecule has 4 heterocycles. The molecule has 0 amide bonds. The number of fused-ring (bicyclic) bond motifs is 6. The van der Waals surface area contributed by atoms with Crippen LogP contribution in [0.4, 0.5) is 0 Å². The molecule has 0 fully saturated rings. The number of methoxy groups -OCH3 is 2. The van der Waals surface area contributed by atoms with Gasteiger partial charge in [-0.15, -0.1) is 5.10 Å². The highest BCUT2D eigenvalue weighted by molar-refractivity contribution is 5.87. The standard InChI is InChI=1S/C29H20N4O5/c1-35-20-13-12-17(14-21(20)36-2)22-23-25(18-10-6-7-11-19(18)37-29(23)34)38-28-24(22)27-31-26(32-33(27)15-30-28)16-8-4-3-5-9-16/h3-15,22H,1-2H3. The molecule has 1 aliphatic heterocycles. The van der Waals surface area contributed by atoms with Gasteiger partial charge in [0.05, 0.1) is 36.7 Å². The van der Waals surface area contributed by atoms with Crippen LogP contribution in [-0.4, -0.2) is 33.8 Å². The van der Waals surface area contributed by atoms with Crippen molar-refractivity contribution >= 4 is 16.6 Å². The smallest absolute Gasteiger partial charge is 0.344 e. The molecule has 0 saturated carbocycles. The second-order valence-electron chi connectivity index (χ2n) is 8.81. The molecule has 0 N–H and O–H groups in total. The fraction of sp³-hybridized carbons (Fsp3) is 0.103. The van der Waals surface area contributed by atoms with Crippen LogP contribution in [0.25, 0.3) is 28.0 Å². The van der Waals surface area contributed by atoms with Crippen LogP contribution in [0.5, 0.6) is 23.1 Å². The molecule has 186 valence electrons. The minimum Gasteiger partial charge on any atom is -0.493 e. The maximum Gasteiger partial charge on any atom is 0.344 e. The van der Waals surface area contributed by atoms with Crippen molar-refractivity contribution in [3.05, 3.63) is 106 Å². The van der Waals surface area contributed by atoms with Gasteiger partial charge in [0.2, 0.25) is 5.88 Å². The van der Waals surface area contributed by atoms with Crippen LogP contribution in [-0.2, 0) is 0 Å². The Bertz CT molecular complexity index is 1910. The van der Waals surface area contributed by atoms with Gasteiger partial charge >= 0.3 is 5.63 Å². The lowest BCUT2D eigenvalue weighted by Gasteiger charge is -2.27. The van der Waals surface area contributed by atoms with Crippen molar-refractivity contribution in [3.8, 4) is 34.5 Å². The first-order chi connectivity index (χ1) is 18.7. The van der Waals surface area contributed by atoms with Crippen molar-refractivity contribution in [3.63, 3.8) is 0 Å². The molecule has 3 aromatic heterocycles. The first-order valence-corrected chi connectivity index (χ1v) is 11.9. The van der Waals surface area contributed by atoms with Crippen molar-refractivity contribution < 1.29 is 18.6 Å². The molecule has 9 nitrogen and oxygen atoms in total. The molecule has 38 heavy (non-hydrogen) atoms. The zero-order valence-electron chi connectivity index (χ0n) is 20.4. The molecule has 1 aliphatic rings. The molecular weight excluding hydrogens is 484 g/mol. The van der Waals surface area contributed by atoms with Gasteiger partial charge in [-0.2, -0.15) is 0 Å². The molecule has 0 aliphatic carbocycles. The predicted octanol–water partition coefficient (Wildman–Crippen LogP) is 5.20. The van der Waals surface area contributed by atoms with Crippen LogP contribution >= 0.6 is 0 Å². The monoisotopic (exact) mass is 504 g/mol. The highest BCUT2D eigenvalue weighted by Crippen LogP contribution is 2.49. The van der Waals surface area contributed by atoms with Crippen LogP contribution in [0.15, 0.2) is 88.3 Å². The number of para-hydroxylation sites is 1. The van der Waals surface area contributed by atoms with E-state index in [1.807, 2.05) is 60.7 Å². The summed E-state index contributed by atoms with van der Waals surface area (Å²) in [6.07, 6.45) is 1.57. The topological polar surface area (TPSA) is 101 Å². The van der Waals surface area contributed by atoms with E-state index in [1.54, 1.807) is 37.2 Å². The van der Waals surface area contributed by atoms with E-state index in [2.05, 4.69) is 10.1 Å². The minimum absolute atomic E-state index is 0.340. The van der Waals surface area contributed by atoms with Crippen molar-refractivity contribution in [1.82, 2.24) is 19.6 Å². The molecule has 0 bridgehead atoms. The Morgan fingerprint density at radius 3 is 2.50 bits per heavy atom. The third-order valence-electron chi connectivity index (χ3n) is 6.73. The quantitative estimate of drug-likeness (QED) is 0.302. The Labute approximate surface area is 215 Å². The predicted molar refractivity (Wildman–Crippen MR) is 139 cm³/mol. The largest absolute Gasteiger partial charge is 0.493 e. The Morgan fingerprint density at radius 2 is 1.68 bits per heavy atom. The van der Waals surface area contributed by atoms with Crippen LogP contribution in [0, 0.1) is 0 Å². The zero-order chi connectivity index (χ0) is 25.8. The first-order valence-electron chi connectivity index (χ1n) is 11.9. The number of ether oxygens (including phenoxy) is 3. The van der Waals surface area contributed by atoms with Crippen molar-refractivity contribution in [2.45, 2.75) is 5.92 Å². The summed E-state index contributed by atoms with van der Waals surface area (Å²) in [6.45, 7) is 0. The molecule has 7 rings (SSSR count). The van der Waals surface area contributed by atoms with Crippen LogP contribution in [0.2, 0.25) is 0 Å². The minimum atomic E-state index is -0.626. The molecule has 0 spiro atoms. The van der Waals surface area contributed by atoms with Crippen molar-refractivity contribution in [2.75, 3.05) is 14.2 Å². The van der Waals surface area contributed by atoms with Gasteiger partial charge in [-0.25, -0.2) is 19.3 Å². The van der Waals surface area contributed by atoms with E-state index in [1.165, 1.54) is 0 Å². The van der Waals surface area contributed by atoms with E-state index < -0.39 is 11.5 Å². The lowest BCUT2D eigenvalue weighted by molar-refractivity contribution is 0.354. The van der Waals surface area contributed by atoms with E-state index in [4.69, 9.17) is 23.6 Å². The maximum atomic E-state index is 13.5. The number of nitrogens with zero attached hydrogens (tertiary/aromatic N) is 4. The van der Waals surface area contributed by atoms with Crippen LogP contribution < -0.4 is 19.8 Å². The van der Waals surface area contributed by atoms with E-state index in [0.717, 1.165) is 11.1 Å². The Kier molecular flexibility index (Phi) is 4.90. The highest BCUT2D eigenvalue weighted by Gasteiger charge is 2.38. The summed E-state index contributed by atoms with van der Waals surface area (Å²) in [5.41, 5.74) is 3.01. The van der Waals surface area contributed by atoms with Gasteiger partial charge in [-0.1, -0.05) is 48.5 Å². The molecule has 0 radical (unpaired) electrons. The fourth-order valence-electron chi connectivity index (χ4n) is 5.00. The summed E-state index contributed by atoms with van der Waals surface area (Å²) in [5, 5.41) is 5.32. The molecule has 9 heteroatoms. The Hall–Kier alpha value is -5.18. The SMILES string of the molecule is COc1ccc(C2c3c(c4ccccc4oc3=O)Oc3ncn4nc(-c5ccccc5)nc4c32)cc1OC. The maximum absolute atomic E-state index is 13.5. The lowest BCUT2D eigenvalue weighted by atomic mass is 9.84. The summed E-state index contributed by atoms with van der Waals surface area (Å²) in [5.74, 6) is 1.74. The lowest BCUT2D eigenvalue weighted by Crippen LogP contribution is -2.22. The number of aromatic nitrogens is 4. The number of hydrogen-bond donors (Lipinski definition) is 0. The third-order valence-corrected chi connectivity index (χ3v) is 6.73. The Morgan fingerprint density at radius 1 is 0.895 bits per heavy atom. The average molecular weight is 505 g/mol. The number of benzene rings is 3. The zero-order valence-corrected chi connectivity index (χ0v) is 20.4. The van der Waals surface area contributed by atoms with Gasteiger partial charge in [0.25, 0.3) is 0 Å². The van der Waals surface area contributed by atoms with E-state index in [0.29, 0.717) is 56.7 Å². The van der Waals surface area contributed by atoms with Gasteiger partial charge < -0.3 is 18.6 Å². The first kappa shape index (κ1) is 22.1. The molecule has 6 aromatic rings. The summed E-state index contributed by atoms with van der Waals surface area (Å²) in [4.78, 5) is 23.0. The molecule has 3 aromatic carbocycles. The van der Waals surface area contributed by atoms with E-state index in [9.17, 15) is 4.79 Å². The van der Waals surface area contributed by atoms with Crippen LogP contribution in [0.1, 0.15) is 22.6 Å². The van der Waals surface area contributed by atoms with E-state index >= 15 is 0 Å². The fourth-order valence-corrected chi connectivity index (χ4v) is 5.00. The summed E-state index contributed by atoms with van der Waals surface area (Å²) in [7, 11) is 3.14. The summed E-state index contributed by atoms with van der Waals surface area (Å²) < 4.78 is 24.7. The highest BCUT2D eigenvalue weighted by atomic mass is 16.5. The number of hydrogen-bond acceptors (Lipinski definition) is 8. The number of rotatable bonds is 4. The van der Waals surface area contributed by atoms with Gasteiger partial charge in [0.1, 0.15) is 11.9 Å². The molecule has 1 atom stereocenters. The van der Waals surface area contributed by atoms with Crippen molar-refractivity contribution in [2.24, 2.45) is 0 Å². The molecule has 0 saturated heterocycles. The normalized spacial score (nSPS) is 14.1.